The maximum absolute atomic E-state index is 12.6. The Bertz CT molecular complexity index is 1020. The number of carbonyl (C=O) groups is 2. The zero-order valence-corrected chi connectivity index (χ0v) is 14.9. The molecule has 7 heteroatoms. The van der Waals surface area contributed by atoms with Gasteiger partial charge in [0.05, 0.1) is 0 Å². The van der Waals surface area contributed by atoms with Crippen LogP contribution in [-0.2, 0) is 0 Å². The Morgan fingerprint density at radius 2 is 2.12 bits per heavy atom. The molecule has 0 fully saturated rings. The lowest BCUT2D eigenvalue weighted by molar-refractivity contribution is 0.0948. The van der Waals surface area contributed by atoms with Gasteiger partial charge in [-0.3, -0.25) is 9.59 Å². The number of nitrogens with one attached hydrogen (secondary N) is 2. The highest BCUT2D eigenvalue weighted by Gasteiger charge is 2.27. The van der Waals surface area contributed by atoms with Crippen LogP contribution in [0.15, 0.2) is 34.9 Å². The number of carbonyl (C=O) groups excluding carboxylic acids is 2. The number of rotatable bonds is 2. The van der Waals surface area contributed by atoms with Crippen molar-refractivity contribution in [3.05, 3.63) is 47.3 Å². The molecule has 2 aromatic heterocycles. The molecule has 0 bridgehead atoms. The summed E-state index contributed by atoms with van der Waals surface area (Å²) in [5.41, 5.74) is 2.01. The lowest BCUT2D eigenvalue weighted by Crippen LogP contribution is -2.26. The minimum atomic E-state index is -0.269. The summed E-state index contributed by atoms with van der Waals surface area (Å²) in [6, 6.07) is 9.11. The molecule has 3 aromatic rings. The third-order valence-corrected chi connectivity index (χ3v) is 5.02. The second-order valence-electron chi connectivity index (χ2n) is 6.88. The highest BCUT2D eigenvalue weighted by Crippen LogP contribution is 2.30. The van der Waals surface area contributed by atoms with Crippen LogP contribution in [-0.4, -0.2) is 28.1 Å². The first-order chi connectivity index (χ1) is 12.4. The lowest BCUT2D eigenvalue weighted by atomic mass is 10.0. The molecule has 0 aliphatic carbocycles. The third-order valence-electron chi connectivity index (χ3n) is 5.02. The fraction of sp³-hybridized carbons (Fsp3) is 0.316. The van der Waals surface area contributed by atoms with Gasteiger partial charge in [-0.2, -0.15) is 0 Å². The van der Waals surface area contributed by atoms with Gasteiger partial charge < -0.3 is 19.7 Å². The third kappa shape index (κ3) is 2.65. The molecular weight excluding hydrogens is 332 g/mol. The van der Waals surface area contributed by atoms with Crippen molar-refractivity contribution in [2.45, 2.75) is 26.8 Å². The fourth-order valence-corrected chi connectivity index (χ4v) is 3.36. The van der Waals surface area contributed by atoms with E-state index in [0.29, 0.717) is 29.4 Å². The van der Waals surface area contributed by atoms with Crippen LogP contribution in [0.5, 0.6) is 0 Å². The number of hydrogen-bond donors (Lipinski definition) is 2. The Labute approximate surface area is 150 Å². The molecule has 0 radical (unpaired) electrons. The molecule has 134 valence electrons. The van der Waals surface area contributed by atoms with Crippen molar-refractivity contribution in [1.82, 2.24) is 15.0 Å². The fourth-order valence-electron chi connectivity index (χ4n) is 3.36. The predicted octanol–water partition coefficient (Wildman–Crippen LogP) is 3.13. The van der Waals surface area contributed by atoms with Crippen LogP contribution in [0.4, 0.5) is 5.82 Å². The maximum atomic E-state index is 12.6. The molecule has 0 saturated carbocycles. The predicted molar refractivity (Wildman–Crippen MR) is 97.3 cm³/mol. The Hall–Kier alpha value is -3.09. The van der Waals surface area contributed by atoms with Gasteiger partial charge in [0.2, 0.25) is 0 Å². The summed E-state index contributed by atoms with van der Waals surface area (Å²) < 4.78 is 7.00. The Kier molecular flexibility index (Phi) is 3.79. The van der Waals surface area contributed by atoms with Gasteiger partial charge in [0.25, 0.3) is 11.8 Å². The molecule has 1 aliphatic heterocycles. The smallest absolute Gasteiger partial charge is 0.267 e. The van der Waals surface area contributed by atoms with Crippen LogP contribution in [0.25, 0.3) is 10.9 Å². The zero-order valence-electron chi connectivity index (χ0n) is 14.9. The first-order valence-electron chi connectivity index (χ1n) is 8.62. The van der Waals surface area contributed by atoms with Gasteiger partial charge in [0, 0.05) is 35.1 Å². The number of hydrogen-bond acceptors (Lipinski definition) is 4. The topological polar surface area (TPSA) is 89.2 Å². The van der Waals surface area contributed by atoms with E-state index in [1.165, 1.54) is 0 Å². The van der Waals surface area contributed by atoms with E-state index in [1.54, 1.807) is 19.1 Å². The van der Waals surface area contributed by atoms with Crippen molar-refractivity contribution >= 4 is 28.5 Å². The van der Waals surface area contributed by atoms with Crippen LogP contribution in [0.3, 0.4) is 0 Å². The summed E-state index contributed by atoms with van der Waals surface area (Å²) in [5.74, 6) is 0.937. The number of amides is 2. The number of aryl methyl sites for hydroxylation is 1. The van der Waals surface area contributed by atoms with Crippen LogP contribution >= 0.6 is 0 Å². The molecule has 2 unspecified atom stereocenters. The Balaban J connectivity index is 1.76. The second-order valence-corrected chi connectivity index (χ2v) is 6.88. The first kappa shape index (κ1) is 16.4. The summed E-state index contributed by atoms with van der Waals surface area (Å²) in [6.07, 6.45) is 0. The molecule has 26 heavy (non-hydrogen) atoms. The molecule has 2 amide bonds. The molecule has 2 atom stereocenters. The Morgan fingerprint density at radius 1 is 1.31 bits per heavy atom. The van der Waals surface area contributed by atoms with Crippen LogP contribution in [0.2, 0.25) is 0 Å². The van der Waals surface area contributed by atoms with E-state index >= 15 is 0 Å². The van der Waals surface area contributed by atoms with E-state index in [4.69, 9.17) is 4.52 Å². The average molecular weight is 352 g/mol. The van der Waals surface area contributed by atoms with Gasteiger partial charge in [-0.15, -0.1) is 0 Å². The average Bonchev–Trinajstić information content (AvgIpc) is 3.18. The largest absolute Gasteiger partial charge is 0.360 e. The highest BCUT2D eigenvalue weighted by atomic mass is 16.5. The van der Waals surface area contributed by atoms with Crippen molar-refractivity contribution in [3.8, 4) is 0 Å². The number of nitrogens with zero attached hydrogens (tertiary/aromatic N) is 2. The number of anilines is 1. The van der Waals surface area contributed by atoms with Crippen molar-refractivity contribution < 1.29 is 14.1 Å². The SMILES string of the molecule is Cc1cc(NC(=O)c2ccc3cc4n(c3c2)C(C)C(C)CNC4=O)no1. The molecule has 0 spiro atoms. The van der Waals surface area contributed by atoms with Crippen molar-refractivity contribution in [2.24, 2.45) is 5.92 Å². The summed E-state index contributed by atoms with van der Waals surface area (Å²) >= 11 is 0. The monoisotopic (exact) mass is 352 g/mol. The van der Waals surface area contributed by atoms with E-state index in [9.17, 15) is 9.59 Å². The summed E-state index contributed by atoms with van der Waals surface area (Å²) in [4.78, 5) is 25.0. The van der Waals surface area contributed by atoms with Crippen LogP contribution in [0, 0.1) is 12.8 Å². The highest BCUT2D eigenvalue weighted by molar-refractivity contribution is 6.07. The molecule has 0 saturated heterocycles. The molecule has 3 heterocycles. The first-order valence-corrected chi connectivity index (χ1v) is 8.62. The second kappa shape index (κ2) is 6.01. The van der Waals surface area contributed by atoms with E-state index < -0.39 is 0 Å². The quantitative estimate of drug-likeness (QED) is 0.741. The lowest BCUT2D eigenvalue weighted by Gasteiger charge is -2.20. The molecule has 1 aliphatic rings. The summed E-state index contributed by atoms with van der Waals surface area (Å²) in [7, 11) is 0. The van der Waals surface area contributed by atoms with Gasteiger partial charge in [-0.25, -0.2) is 0 Å². The van der Waals surface area contributed by atoms with E-state index in [0.717, 1.165) is 10.9 Å². The van der Waals surface area contributed by atoms with Crippen LogP contribution in [0.1, 0.15) is 46.5 Å². The Morgan fingerprint density at radius 3 is 2.85 bits per heavy atom. The van der Waals surface area contributed by atoms with E-state index in [1.807, 2.05) is 22.8 Å². The van der Waals surface area contributed by atoms with Crippen molar-refractivity contribution in [1.29, 1.82) is 0 Å². The summed E-state index contributed by atoms with van der Waals surface area (Å²) in [6.45, 7) is 6.60. The zero-order chi connectivity index (χ0) is 18.4. The van der Waals surface area contributed by atoms with Gasteiger partial charge in [0.15, 0.2) is 5.82 Å². The number of benzene rings is 1. The number of fused-ring (bicyclic) bond motifs is 3. The minimum Gasteiger partial charge on any atom is -0.360 e. The number of aromatic nitrogens is 2. The standard InChI is InChI=1S/C19H20N4O3/c1-10-9-20-19(25)16-7-13-4-5-14(8-15(13)23(16)12(10)3)18(24)21-17-6-11(2)26-22-17/h4-8,10,12H,9H2,1-3H3,(H,20,25)(H,21,22,24). The van der Waals surface area contributed by atoms with E-state index in [-0.39, 0.29) is 23.8 Å². The molecular formula is C19H20N4O3. The van der Waals surface area contributed by atoms with Gasteiger partial charge in [-0.1, -0.05) is 18.1 Å². The summed E-state index contributed by atoms with van der Waals surface area (Å²) in [5, 5.41) is 10.4. The minimum absolute atomic E-state index is 0.0820. The van der Waals surface area contributed by atoms with Crippen molar-refractivity contribution in [2.75, 3.05) is 11.9 Å². The van der Waals surface area contributed by atoms with Gasteiger partial charge in [0.1, 0.15) is 11.5 Å². The maximum Gasteiger partial charge on any atom is 0.267 e. The van der Waals surface area contributed by atoms with Crippen molar-refractivity contribution in [3.63, 3.8) is 0 Å². The molecule has 2 N–H and O–H groups in total. The van der Waals surface area contributed by atoms with Crippen LogP contribution < -0.4 is 10.6 Å². The van der Waals surface area contributed by atoms with E-state index in [2.05, 4.69) is 29.6 Å². The molecule has 4 rings (SSSR count). The molecule has 7 nitrogen and oxygen atoms in total. The molecule has 1 aromatic carbocycles. The van der Waals surface area contributed by atoms with Gasteiger partial charge in [-0.05, 0) is 38.0 Å². The normalized spacial score (nSPS) is 19.7. The van der Waals surface area contributed by atoms with Gasteiger partial charge >= 0.3 is 0 Å².